The van der Waals surface area contributed by atoms with Crippen molar-refractivity contribution in [1.82, 2.24) is 0 Å². The number of allylic oxidation sites excluding steroid dienone is 2. The number of rotatable bonds is 0. The molecule has 0 amide bonds. The van der Waals surface area contributed by atoms with Crippen LogP contribution in [0.15, 0.2) is 23.8 Å². The summed E-state index contributed by atoms with van der Waals surface area (Å²) in [6.45, 7) is 1.37. The molecule has 2 atom stereocenters. The second kappa shape index (κ2) is 1.48. The van der Waals surface area contributed by atoms with E-state index in [0.717, 1.165) is 0 Å². The summed E-state index contributed by atoms with van der Waals surface area (Å²) < 4.78 is 5.31. The largest absolute Gasteiger partial charge is 0.376 e. The van der Waals surface area contributed by atoms with Gasteiger partial charge < -0.3 is 4.74 Å². The zero-order valence-corrected chi connectivity index (χ0v) is 6.04. The van der Waals surface area contributed by atoms with Gasteiger partial charge in [0, 0.05) is 5.41 Å². The highest BCUT2D eigenvalue weighted by atomic mass is 16.5. The molecule has 56 valence electrons. The van der Waals surface area contributed by atoms with Gasteiger partial charge in [-0.1, -0.05) is 12.2 Å². The van der Waals surface area contributed by atoms with Crippen LogP contribution in [0.5, 0.6) is 0 Å². The Balaban J connectivity index is 2.19. The van der Waals surface area contributed by atoms with Crippen molar-refractivity contribution in [1.29, 1.82) is 0 Å². The van der Waals surface area contributed by atoms with Crippen molar-refractivity contribution in [3.8, 4) is 0 Å². The maximum atomic E-state index is 11.3. The predicted molar refractivity (Wildman–Crippen MR) is 39.0 cm³/mol. The molecule has 0 saturated carbocycles. The molecule has 3 rings (SSSR count). The van der Waals surface area contributed by atoms with Gasteiger partial charge in [0.05, 0.1) is 19.1 Å². The van der Waals surface area contributed by atoms with Crippen molar-refractivity contribution in [3.05, 3.63) is 23.8 Å². The SMILES string of the molecule is O=C1C=C2COCC23C=CC13. The molecule has 1 saturated heterocycles. The molecule has 1 heterocycles. The van der Waals surface area contributed by atoms with Crippen molar-refractivity contribution < 1.29 is 9.53 Å². The predicted octanol–water partition coefficient (Wildman–Crippen LogP) is 0.698. The molecule has 1 spiro atoms. The van der Waals surface area contributed by atoms with Crippen LogP contribution in [-0.4, -0.2) is 19.0 Å². The van der Waals surface area contributed by atoms with Crippen LogP contribution in [0.4, 0.5) is 0 Å². The average molecular weight is 148 g/mol. The fourth-order valence-corrected chi connectivity index (χ4v) is 2.21. The fourth-order valence-electron chi connectivity index (χ4n) is 2.21. The highest BCUT2D eigenvalue weighted by Gasteiger charge is 2.54. The summed E-state index contributed by atoms with van der Waals surface area (Å²) in [4.78, 5) is 11.3. The van der Waals surface area contributed by atoms with E-state index in [1.54, 1.807) is 6.08 Å². The number of hydrogen-bond acceptors (Lipinski definition) is 2. The van der Waals surface area contributed by atoms with Crippen LogP contribution in [0.2, 0.25) is 0 Å². The summed E-state index contributed by atoms with van der Waals surface area (Å²) in [5.74, 6) is 0.394. The van der Waals surface area contributed by atoms with E-state index in [4.69, 9.17) is 4.74 Å². The van der Waals surface area contributed by atoms with E-state index in [2.05, 4.69) is 6.08 Å². The van der Waals surface area contributed by atoms with Gasteiger partial charge in [0.25, 0.3) is 0 Å². The van der Waals surface area contributed by atoms with Crippen LogP contribution in [-0.2, 0) is 9.53 Å². The van der Waals surface area contributed by atoms with Gasteiger partial charge in [0.1, 0.15) is 0 Å². The highest BCUT2D eigenvalue weighted by molar-refractivity contribution is 6.00. The summed E-state index contributed by atoms with van der Waals surface area (Å²) in [6.07, 6.45) is 5.86. The first-order chi connectivity index (χ1) is 5.33. The van der Waals surface area contributed by atoms with Crippen LogP contribution < -0.4 is 0 Å². The average Bonchev–Trinajstić information content (AvgIpc) is 2.36. The summed E-state index contributed by atoms with van der Waals surface area (Å²) in [5, 5.41) is 0. The molecule has 1 fully saturated rings. The lowest BCUT2D eigenvalue weighted by Gasteiger charge is -2.34. The number of hydrogen-bond donors (Lipinski definition) is 0. The number of carbonyl (C=O) groups excluding carboxylic acids is 1. The molecule has 2 nitrogen and oxygen atoms in total. The van der Waals surface area contributed by atoms with Gasteiger partial charge in [-0.2, -0.15) is 0 Å². The monoisotopic (exact) mass is 148 g/mol. The van der Waals surface area contributed by atoms with Gasteiger partial charge in [0.2, 0.25) is 0 Å². The fraction of sp³-hybridized carbons (Fsp3) is 0.444. The second-order valence-electron chi connectivity index (χ2n) is 3.44. The van der Waals surface area contributed by atoms with E-state index in [-0.39, 0.29) is 17.1 Å². The van der Waals surface area contributed by atoms with E-state index in [9.17, 15) is 4.79 Å². The minimum absolute atomic E-state index is 0.0249. The Morgan fingerprint density at radius 2 is 2.55 bits per heavy atom. The van der Waals surface area contributed by atoms with Gasteiger partial charge in [0.15, 0.2) is 5.78 Å². The lowest BCUT2D eigenvalue weighted by Crippen LogP contribution is -2.35. The summed E-state index contributed by atoms with van der Waals surface area (Å²) in [5.41, 5.74) is 1.21. The first-order valence-electron chi connectivity index (χ1n) is 3.85. The van der Waals surface area contributed by atoms with Crippen molar-refractivity contribution in [2.24, 2.45) is 11.3 Å². The maximum Gasteiger partial charge on any atom is 0.163 e. The van der Waals surface area contributed by atoms with Crippen LogP contribution >= 0.6 is 0 Å². The zero-order chi connectivity index (χ0) is 7.47. The van der Waals surface area contributed by atoms with Gasteiger partial charge in [-0.05, 0) is 11.6 Å². The Labute approximate surface area is 64.5 Å². The van der Waals surface area contributed by atoms with E-state index in [1.807, 2.05) is 6.08 Å². The summed E-state index contributed by atoms with van der Waals surface area (Å²) in [6, 6.07) is 0. The number of ether oxygens (including phenoxy) is 1. The van der Waals surface area contributed by atoms with Crippen molar-refractivity contribution in [2.75, 3.05) is 13.2 Å². The normalized spacial score (nSPS) is 44.9. The minimum atomic E-state index is 0.0249. The molecule has 1 aliphatic heterocycles. The van der Waals surface area contributed by atoms with Crippen LogP contribution in [0, 0.1) is 11.3 Å². The van der Waals surface area contributed by atoms with Crippen molar-refractivity contribution in [2.45, 2.75) is 0 Å². The first-order valence-corrected chi connectivity index (χ1v) is 3.85. The molecule has 2 aliphatic carbocycles. The molecular formula is C9H8O2. The molecule has 0 aromatic carbocycles. The van der Waals surface area contributed by atoms with E-state index < -0.39 is 0 Å². The first kappa shape index (κ1) is 5.72. The molecule has 11 heavy (non-hydrogen) atoms. The Kier molecular flexibility index (Phi) is 0.771. The second-order valence-corrected chi connectivity index (χ2v) is 3.44. The topological polar surface area (TPSA) is 26.3 Å². The number of carbonyl (C=O) groups is 1. The molecule has 0 N–H and O–H groups in total. The molecule has 3 aliphatic rings. The van der Waals surface area contributed by atoms with Crippen molar-refractivity contribution in [3.63, 3.8) is 0 Å². The minimum Gasteiger partial charge on any atom is -0.376 e. The molecule has 0 aromatic heterocycles. The molecule has 2 unspecified atom stereocenters. The Morgan fingerprint density at radius 1 is 1.64 bits per heavy atom. The maximum absolute atomic E-state index is 11.3. The van der Waals surface area contributed by atoms with Gasteiger partial charge >= 0.3 is 0 Å². The van der Waals surface area contributed by atoms with Gasteiger partial charge in [-0.25, -0.2) is 0 Å². The van der Waals surface area contributed by atoms with E-state index >= 15 is 0 Å². The molecule has 0 aromatic rings. The Morgan fingerprint density at radius 3 is 3.18 bits per heavy atom. The molecular weight excluding hydrogens is 140 g/mol. The third kappa shape index (κ3) is 0.447. The lowest BCUT2D eigenvalue weighted by atomic mass is 9.67. The third-order valence-corrected chi connectivity index (χ3v) is 2.96. The van der Waals surface area contributed by atoms with Crippen molar-refractivity contribution >= 4 is 5.78 Å². The Bertz CT molecular complexity index is 301. The highest BCUT2D eigenvalue weighted by Crippen LogP contribution is 2.53. The quantitative estimate of drug-likeness (QED) is 0.472. The standard InChI is InChI=1S/C9H8O2/c10-8-3-6-4-11-5-9(6)2-1-7(8)9/h1-3,7H,4-5H2. The van der Waals surface area contributed by atoms with E-state index in [1.165, 1.54) is 5.57 Å². The number of ketones is 1. The Hall–Kier alpha value is -0.890. The van der Waals surface area contributed by atoms with Gasteiger partial charge in [-0.3, -0.25) is 4.79 Å². The molecule has 0 radical (unpaired) electrons. The zero-order valence-electron chi connectivity index (χ0n) is 6.04. The molecule has 0 bridgehead atoms. The third-order valence-electron chi connectivity index (χ3n) is 2.96. The smallest absolute Gasteiger partial charge is 0.163 e. The summed E-state index contributed by atoms with van der Waals surface area (Å²) in [7, 11) is 0. The summed E-state index contributed by atoms with van der Waals surface area (Å²) >= 11 is 0. The van der Waals surface area contributed by atoms with Crippen LogP contribution in [0.25, 0.3) is 0 Å². The van der Waals surface area contributed by atoms with E-state index in [0.29, 0.717) is 13.2 Å². The molecule has 2 heteroatoms. The van der Waals surface area contributed by atoms with Crippen LogP contribution in [0.1, 0.15) is 0 Å². The lowest BCUT2D eigenvalue weighted by molar-refractivity contribution is -0.118. The van der Waals surface area contributed by atoms with Gasteiger partial charge in [-0.15, -0.1) is 0 Å². The van der Waals surface area contributed by atoms with Crippen LogP contribution in [0.3, 0.4) is 0 Å².